The molecule has 21 heavy (non-hydrogen) atoms. The Labute approximate surface area is 133 Å². The fourth-order valence-electron chi connectivity index (χ4n) is 4.86. The highest BCUT2D eigenvalue weighted by atomic mass is 15.2. The Hall–Kier alpha value is -0.0800. The maximum atomic E-state index is 3.98. The van der Waals surface area contributed by atoms with E-state index in [4.69, 9.17) is 0 Å². The summed E-state index contributed by atoms with van der Waals surface area (Å²) in [6.45, 7) is 11.0. The van der Waals surface area contributed by atoms with E-state index < -0.39 is 0 Å². The van der Waals surface area contributed by atoms with Gasteiger partial charge in [0.2, 0.25) is 0 Å². The lowest BCUT2D eigenvalue weighted by molar-refractivity contribution is 0.0659. The van der Waals surface area contributed by atoms with Crippen molar-refractivity contribution in [3.05, 3.63) is 0 Å². The molecule has 124 valence electrons. The van der Waals surface area contributed by atoms with Gasteiger partial charge in [0.15, 0.2) is 0 Å². The molecule has 1 saturated heterocycles. The van der Waals surface area contributed by atoms with Crippen molar-refractivity contribution in [1.82, 2.24) is 10.2 Å². The van der Waals surface area contributed by atoms with E-state index in [1.165, 1.54) is 83.8 Å². The minimum Gasteiger partial charge on any atom is -0.312 e. The van der Waals surface area contributed by atoms with E-state index in [0.29, 0.717) is 5.54 Å². The van der Waals surface area contributed by atoms with Crippen LogP contribution in [0.4, 0.5) is 0 Å². The summed E-state index contributed by atoms with van der Waals surface area (Å²) in [4.78, 5) is 2.88. The third kappa shape index (κ3) is 4.22. The van der Waals surface area contributed by atoms with Crippen LogP contribution in [-0.4, -0.2) is 36.1 Å². The zero-order chi connectivity index (χ0) is 15.1. The molecular formula is C19H38N2. The van der Waals surface area contributed by atoms with Crippen molar-refractivity contribution in [1.29, 1.82) is 0 Å². The van der Waals surface area contributed by atoms with E-state index in [0.717, 1.165) is 12.0 Å². The number of nitrogens with one attached hydrogen (secondary N) is 1. The first-order valence-corrected chi connectivity index (χ1v) is 9.71. The lowest BCUT2D eigenvalue weighted by Gasteiger charge is -2.46. The summed E-state index contributed by atoms with van der Waals surface area (Å²) < 4.78 is 0. The minimum absolute atomic E-state index is 0.494. The molecule has 0 aromatic heterocycles. The van der Waals surface area contributed by atoms with Crippen LogP contribution in [-0.2, 0) is 0 Å². The van der Waals surface area contributed by atoms with Crippen LogP contribution in [0.1, 0.15) is 85.0 Å². The second-order valence-electron chi connectivity index (χ2n) is 7.64. The van der Waals surface area contributed by atoms with Gasteiger partial charge in [-0.25, -0.2) is 0 Å². The van der Waals surface area contributed by atoms with Crippen LogP contribution >= 0.6 is 0 Å². The summed E-state index contributed by atoms with van der Waals surface area (Å²) in [7, 11) is 0. The lowest BCUT2D eigenvalue weighted by Crippen LogP contribution is -2.59. The van der Waals surface area contributed by atoms with Crippen molar-refractivity contribution in [2.75, 3.05) is 19.6 Å². The molecule has 0 aromatic rings. The fraction of sp³-hybridized carbons (Fsp3) is 1.00. The molecule has 1 N–H and O–H groups in total. The molecule has 0 radical (unpaired) electrons. The molecule has 2 aliphatic rings. The second-order valence-corrected chi connectivity index (χ2v) is 7.64. The highest BCUT2D eigenvalue weighted by Crippen LogP contribution is 2.42. The van der Waals surface area contributed by atoms with Gasteiger partial charge >= 0.3 is 0 Å². The van der Waals surface area contributed by atoms with Crippen molar-refractivity contribution in [3.8, 4) is 0 Å². The summed E-state index contributed by atoms with van der Waals surface area (Å²) >= 11 is 0. The van der Waals surface area contributed by atoms with Gasteiger partial charge in [0.25, 0.3) is 0 Å². The SMILES string of the molecule is CCCNC(CC(C)CCC)C1(N2CCCC2)CCCC1. The molecule has 1 aliphatic carbocycles. The van der Waals surface area contributed by atoms with E-state index in [9.17, 15) is 0 Å². The first-order valence-electron chi connectivity index (χ1n) is 9.71. The van der Waals surface area contributed by atoms with Gasteiger partial charge in [-0.2, -0.15) is 0 Å². The molecule has 0 bridgehead atoms. The summed E-state index contributed by atoms with van der Waals surface area (Å²) in [5.74, 6) is 0.865. The highest BCUT2D eigenvalue weighted by Gasteiger charge is 2.46. The zero-order valence-electron chi connectivity index (χ0n) is 14.8. The Morgan fingerprint density at radius 3 is 2.24 bits per heavy atom. The average Bonchev–Trinajstić information content (AvgIpc) is 3.14. The van der Waals surface area contributed by atoms with Gasteiger partial charge < -0.3 is 5.32 Å². The van der Waals surface area contributed by atoms with Gasteiger partial charge in [-0.05, 0) is 64.1 Å². The topological polar surface area (TPSA) is 15.3 Å². The van der Waals surface area contributed by atoms with Crippen molar-refractivity contribution in [2.45, 2.75) is 96.6 Å². The summed E-state index contributed by atoms with van der Waals surface area (Å²) in [5, 5.41) is 3.98. The Morgan fingerprint density at radius 2 is 1.67 bits per heavy atom. The maximum absolute atomic E-state index is 3.98. The van der Waals surface area contributed by atoms with Crippen LogP contribution in [0.2, 0.25) is 0 Å². The first-order chi connectivity index (χ1) is 10.2. The van der Waals surface area contributed by atoms with Crippen molar-refractivity contribution < 1.29 is 0 Å². The second kappa shape index (κ2) is 8.53. The number of rotatable bonds is 9. The van der Waals surface area contributed by atoms with Crippen LogP contribution in [0, 0.1) is 5.92 Å². The van der Waals surface area contributed by atoms with E-state index >= 15 is 0 Å². The molecule has 1 aliphatic heterocycles. The van der Waals surface area contributed by atoms with Crippen molar-refractivity contribution >= 4 is 0 Å². The third-order valence-corrected chi connectivity index (χ3v) is 5.91. The number of likely N-dealkylation sites (tertiary alicyclic amines) is 1. The van der Waals surface area contributed by atoms with E-state index in [2.05, 4.69) is 31.0 Å². The quantitative estimate of drug-likeness (QED) is 0.669. The predicted octanol–water partition coefficient (Wildman–Crippen LogP) is 4.59. The minimum atomic E-state index is 0.494. The molecule has 0 amide bonds. The number of hydrogen-bond acceptors (Lipinski definition) is 2. The average molecular weight is 295 g/mol. The van der Waals surface area contributed by atoms with Gasteiger partial charge in [-0.15, -0.1) is 0 Å². The molecule has 2 atom stereocenters. The smallest absolute Gasteiger partial charge is 0.0362 e. The van der Waals surface area contributed by atoms with E-state index in [1.54, 1.807) is 0 Å². The van der Waals surface area contributed by atoms with E-state index in [-0.39, 0.29) is 0 Å². The van der Waals surface area contributed by atoms with Gasteiger partial charge in [-0.3, -0.25) is 4.90 Å². The maximum Gasteiger partial charge on any atom is 0.0362 e. The summed E-state index contributed by atoms with van der Waals surface area (Å²) in [5.41, 5.74) is 0.494. The van der Waals surface area contributed by atoms with Gasteiger partial charge in [0.1, 0.15) is 0 Å². The molecule has 2 fully saturated rings. The van der Waals surface area contributed by atoms with Crippen LogP contribution in [0.5, 0.6) is 0 Å². The molecular weight excluding hydrogens is 256 g/mol. The molecule has 1 saturated carbocycles. The van der Waals surface area contributed by atoms with Crippen molar-refractivity contribution in [2.24, 2.45) is 5.92 Å². The monoisotopic (exact) mass is 294 g/mol. The molecule has 2 heteroatoms. The first kappa shape index (κ1) is 17.3. The number of nitrogens with zero attached hydrogens (tertiary/aromatic N) is 1. The van der Waals surface area contributed by atoms with Crippen LogP contribution in [0.3, 0.4) is 0 Å². The lowest BCUT2D eigenvalue weighted by atomic mass is 9.80. The molecule has 2 rings (SSSR count). The summed E-state index contributed by atoms with van der Waals surface area (Å²) in [6.07, 6.45) is 14.0. The molecule has 1 heterocycles. The molecule has 2 nitrogen and oxygen atoms in total. The molecule has 0 spiro atoms. The van der Waals surface area contributed by atoms with Gasteiger partial charge in [-0.1, -0.05) is 46.5 Å². The van der Waals surface area contributed by atoms with E-state index in [1.807, 2.05) is 0 Å². The zero-order valence-corrected chi connectivity index (χ0v) is 14.8. The van der Waals surface area contributed by atoms with Gasteiger partial charge in [0.05, 0.1) is 0 Å². The van der Waals surface area contributed by atoms with Gasteiger partial charge in [0, 0.05) is 11.6 Å². The molecule has 0 aromatic carbocycles. The standard InChI is InChI=1S/C19H38N2/c1-4-10-17(3)16-18(20-13-5-2)19(11-6-7-12-19)21-14-8-9-15-21/h17-18,20H,4-16H2,1-3H3. The largest absolute Gasteiger partial charge is 0.312 e. The van der Waals surface area contributed by atoms with Crippen molar-refractivity contribution in [3.63, 3.8) is 0 Å². The van der Waals surface area contributed by atoms with Crippen LogP contribution in [0.25, 0.3) is 0 Å². The summed E-state index contributed by atoms with van der Waals surface area (Å²) in [6, 6.07) is 0.722. The Balaban J connectivity index is 2.09. The Morgan fingerprint density at radius 1 is 1.00 bits per heavy atom. The number of hydrogen-bond donors (Lipinski definition) is 1. The third-order valence-electron chi connectivity index (χ3n) is 5.91. The predicted molar refractivity (Wildman–Crippen MR) is 92.8 cm³/mol. The highest BCUT2D eigenvalue weighted by molar-refractivity contribution is 5.05. The Bertz CT molecular complexity index is 277. The van der Waals surface area contributed by atoms with Crippen LogP contribution < -0.4 is 5.32 Å². The Kier molecular flexibility index (Phi) is 7.01. The normalized spacial score (nSPS) is 25.3. The van der Waals surface area contributed by atoms with Crippen LogP contribution in [0.15, 0.2) is 0 Å². The molecule has 2 unspecified atom stereocenters. The fourth-order valence-corrected chi connectivity index (χ4v) is 4.86.